The minimum atomic E-state index is -1.02. The van der Waals surface area contributed by atoms with Crippen molar-refractivity contribution in [3.8, 4) is 0 Å². The van der Waals surface area contributed by atoms with Gasteiger partial charge in [-0.25, -0.2) is 0 Å². The molecule has 110 valence electrons. The first-order valence-electron chi connectivity index (χ1n) is 6.31. The minimum absolute atomic E-state index is 0.0172. The Labute approximate surface area is 113 Å². The van der Waals surface area contributed by atoms with Gasteiger partial charge in [0.1, 0.15) is 6.04 Å². The van der Waals surface area contributed by atoms with Gasteiger partial charge in [-0.1, -0.05) is 0 Å². The normalized spacial score (nSPS) is 12.1. The third-order valence-corrected chi connectivity index (χ3v) is 2.45. The Morgan fingerprint density at radius 1 is 1.21 bits per heavy atom. The first-order valence-corrected chi connectivity index (χ1v) is 6.31. The molecule has 0 aliphatic carbocycles. The number of nitrogens with zero attached hydrogens (tertiary/aromatic N) is 1. The topological polar surface area (TPSA) is 98.7 Å². The van der Waals surface area contributed by atoms with Crippen LogP contribution in [-0.2, 0) is 14.4 Å². The largest absolute Gasteiger partial charge is 0.480 e. The Balaban J connectivity index is 4.25. The third kappa shape index (κ3) is 7.40. The number of carboxylic acids is 1. The zero-order valence-electron chi connectivity index (χ0n) is 11.9. The van der Waals surface area contributed by atoms with E-state index < -0.39 is 12.0 Å². The average Bonchev–Trinajstić information content (AvgIpc) is 2.31. The lowest BCUT2D eigenvalue weighted by Crippen LogP contribution is -2.47. The SMILES string of the molecule is CCN(CC(=O)NC(C)C)C(=O)CN[C@H](C)C(=O)O. The summed E-state index contributed by atoms with van der Waals surface area (Å²) >= 11 is 0. The average molecular weight is 273 g/mol. The number of hydrogen-bond donors (Lipinski definition) is 3. The predicted octanol–water partition coefficient (Wildman–Crippen LogP) is -0.578. The van der Waals surface area contributed by atoms with E-state index in [1.165, 1.54) is 11.8 Å². The second-order valence-electron chi connectivity index (χ2n) is 4.57. The summed E-state index contributed by atoms with van der Waals surface area (Å²) in [6.45, 7) is 7.18. The van der Waals surface area contributed by atoms with Crippen LogP contribution in [-0.4, -0.2) is 59.5 Å². The van der Waals surface area contributed by atoms with Gasteiger partial charge in [0.25, 0.3) is 0 Å². The van der Waals surface area contributed by atoms with Crippen molar-refractivity contribution in [3.63, 3.8) is 0 Å². The van der Waals surface area contributed by atoms with Crippen molar-refractivity contribution in [2.24, 2.45) is 0 Å². The summed E-state index contributed by atoms with van der Waals surface area (Å²) in [5, 5.41) is 14.0. The van der Waals surface area contributed by atoms with Crippen molar-refractivity contribution in [1.82, 2.24) is 15.5 Å². The highest BCUT2D eigenvalue weighted by molar-refractivity contribution is 5.86. The van der Waals surface area contributed by atoms with Gasteiger partial charge in [0.15, 0.2) is 0 Å². The van der Waals surface area contributed by atoms with E-state index >= 15 is 0 Å². The number of carbonyl (C=O) groups is 3. The van der Waals surface area contributed by atoms with Crippen LogP contribution < -0.4 is 10.6 Å². The maximum Gasteiger partial charge on any atom is 0.320 e. The molecule has 0 radical (unpaired) electrons. The van der Waals surface area contributed by atoms with Crippen LogP contribution in [0.25, 0.3) is 0 Å². The van der Waals surface area contributed by atoms with Crippen LogP contribution in [0.4, 0.5) is 0 Å². The van der Waals surface area contributed by atoms with Gasteiger partial charge in [0.05, 0.1) is 13.1 Å². The van der Waals surface area contributed by atoms with Gasteiger partial charge in [-0.05, 0) is 27.7 Å². The fourth-order valence-electron chi connectivity index (χ4n) is 1.36. The van der Waals surface area contributed by atoms with E-state index in [-0.39, 0.29) is 30.9 Å². The summed E-state index contributed by atoms with van der Waals surface area (Å²) in [7, 11) is 0. The lowest BCUT2D eigenvalue weighted by molar-refractivity contribution is -0.140. The smallest absolute Gasteiger partial charge is 0.320 e. The second kappa shape index (κ2) is 8.47. The molecule has 0 rings (SSSR count). The van der Waals surface area contributed by atoms with E-state index in [1.807, 2.05) is 13.8 Å². The molecule has 0 aromatic rings. The molecule has 7 heteroatoms. The van der Waals surface area contributed by atoms with Crippen LogP contribution in [0.1, 0.15) is 27.7 Å². The minimum Gasteiger partial charge on any atom is -0.480 e. The first kappa shape index (κ1) is 17.4. The van der Waals surface area contributed by atoms with Crippen molar-refractivity contribution in [2.45, 2.75) is 39.8 Å². The van der Waals surface area contributed by atoms with Gasteiger partial charge in [0, 0.05) is 12.6 Å². The van der Waals surface area contributed by atoms with Crippen LogP contribution in [0.15, 0.2) is 0 Å². The molecule has 0 saturated carbocycles. The molecule has 0 aromatic heterocycles. The molecule has 1 atom stereocenters. The van der Waals surface area contributed by atoms with Crippen molar-refractivity contribution in [2.75, 3.05) is 19.6 Å². The number of hydrogen-bond acceptors (Lipinski definition) is 4. The highest BCUT2D eigenvalue weighted by atomic mass is 16.4. The van der Waals surface area contributed by atoms with Crippen LogP contribution >= 0.6 is 0 Å². The Hall–Kier alpha value is -1.63. The van der Waals surface area contributed by atoms with E-state index in [4.69, 9.17) is 5.11 Å². The Morgan fingerprint density at radius 2 is 1.79 bits per heavy atom. The molecule has 19 heavy (non-hydrogen) atoms. The van der Waals surface area contributed by atoms with Gasteiger partial charge < -0.3 is 15.3 Å². The van der Waals surface area contributed by atoms with Crippen LogP contribution in [0.3, 0.4) is 0 Å². The maximum absolute atomic E-state index is 11.8. The van der Waals surface area contributed by atoms with Crippen LogP contribution in [0.2, 0.25) is 0 Å². The van der Waals surface area contributed by atoms with E-state index in [9.17, 15) is 14.4 Å². The fourth-order valence-corrected chi connectivity index (χ4v) is 1.36. The van der Waals surface area contributed by atoms with Gasteiger partial charge in [-0.3, -0.25) is 19.7 Å². The van der Waals surface area contributed by atoms with E-state index in [1.54, 1.807) is 6.92 Å². The summed E-state index contributed by atoms with van der Waals surface area (Å²) in [6, 6.07) is -0.779. The number of amides is 2. The van der Waals surface area contributed by atoms with Gasteiger partial charge in [-0.15, -0.1) is 0 Å². The number of nitrogens with one attached hydrogen (secondary N) is 2. The lowest BCUT2D eigenvalue weighted by atomic mass is 10.3. The molecule has 2 amide bonds. The molecule has 0 aliphatic heterocycles. The Kier molecular flexibility index (Phi) is 7.74. The molecule has 0 aromatic carbocycles. The molecular weight excluding hydrogens is 250 g/mol. The molecule has 3 N–H and O–H groups in total. The fraction of sp³-hybridized carbons (Fsp3) is 0.750. The van der Waals surface area contributed by atoms with Crippen molar-refractivity contribution < 1.29 is 19.5 Å². The number of likely N-dealkylation sites (N-methyl/N-ethyl adjacent to an activating group) is 1. The van der Waals surface area contributed by atoms with Crippen LogP contribution in [0, 0.1) is 0 Å². The Bertz CT molecular complexity index is 331. The summed E-state index contributed by atoms with van der Waals surface area (Å²) in [5.74, 6) is -1.54. The summed E-state index contributed by atoms with van der Waals surface area (Å²) in [6.07, 6.45) is 0. The van der Waals surface area contributed by atoms with Gasteiger partial charge in [-0.2, -0.15) is 0 Å². The molecular formula is C12H23N3O4. The predicted molar refractivity (Wildman–Crippen MR) is 70.6 cm³/mol. The maximum atomic E-state index is 11.8. The molecule has 0 saturated heterocycles. The van der Waals surface area contributed by atoms with E-state index in [2.05, 4.69) is 10.6 Å². The summed E-state index contributed by atoms with van der Waals surface area (Å²) in [5.41, 5.74) is 0. The standard InChI is InChI=1S/C12H23N3O4/c1-5-15(7-10(16)14-8(2)3)11(17)6-13-9(4)12(18)19/h8-9,13H,5-7H2,1-4H3,(H,14,16)(H,18,19)/t9-/m1/s1. The number of rotatable bonds is 8. The zero-order chi connectivity index (χ0) is 15.0. The molecule has 7 nitrogen and oxygen atoms in total. The number of carboxylic acid groups (broad SMARTS) is 1. The Morgan fingerprint density at radius 3 is 2.21 bits per heavy atom. The van der Waals surface area contributed by atoms with Crippen molar-refractivity contribution >= 4 is 17.8 Å². The molecule has 0 bridgehead atoms. The number of carbonyl (C=O) groups excluding carboxylic acids is 2. The van der Waals surface area contributed by atoms with Crippen molar-refractivity contribution in [1.29, 1.82) is 0 Å². The summed E-state index contributed by atoms with van der Waals surface area (Å²) in [4.78, 5) is 35.3. The second-order valence-corrected chi connectivity index (χ2v) is 4.57. The monoisotopic (exact) mass is 273 g/mol. The quantitative estimate of drug-likeness (QED) is 0.549. The van der Waals surface area contributed by atoms with Crippen LogP contribution in [0.5, 0.6) is 0 Å². The molecule has 0 unspecified atom stereocenters. The lowest BCUT2D eigenvalue weighted by Gasteiger charge is -2.22. The molecule has 0 aliphatic rings. The van der Waals surface area contributed by atoms with E-state index in [0.29, 0.717) is 6.54 Å². The molecule has 0 heterocycles. The summed E-state index contributed by atoms with van der Waals surface area (Å²) < 4.78 is 0. The number of aliphatic carboxylic acids is 1. The van der Waals surface area contributed by atoms with E-state index in [0.717, 1.165) is 0 Å². The highest BCUT2D eigenvalue weighted by Crippen LogP contribution is 1.91. The zero-order valence-corrected chi connectivity index (χ0v) is 11.9. The molecule has 0 fully saturated rings. The highest BCUT2D eigenvalue weighted by Gasteiger charge is 2.18. The van der Waals surface area contributed by atoms with Gasteiger partial charge >= 0.3 is 5.97 Å². The third-order valence-electron chi connectivity index (χ3n) is 2.45. The molecule has 0 spiro atoms. The van der Waals surface area contributed by atoms with Gasteiger partial charge in [0.2, 0.25) is 11.8 Å². The van der Waals surface area contributed by atoms with Crippen molar-refractivity contribution in [3.05, 3.63) is 0 Å². The first-order chi connectivity index (χ1) is 8.77.